The summed E-state index contributed by atoms with van der Waals surface area (Å²) in [4.78, 5) is 2.48. The summed E-state index contributed by atoms with van der Waals surface area (Å²) in [7, 11) is 1.82. The maximum atomic E-state index is 6.25. The molecule has 3 nitrogen and oxygen atoms in total. The predicted molar refractivity (Wildman–Crippen MR) is 79.1 cm³/mol. The molecule has 1 aromatic carbocycles. The van der Waals surface area contributed by atoms with E-state index in [9.17, 15) is 0 Å². The minimum atomic E-state index is 0.0229. The van der Waals surface area contributed by atoms with Crippen LogP contribution in [0.3, 0.4) is 0 Å². The molecule has 0 radical (unpaired) electrons. The van der Waals surface area contributed by atoms with Crippen LogP contribution in [0.5, 0.6) is 0 Å². The number of benzene rings is 1. The van der Waals surface area contributed by atoms with Crippen LogP contribution >= 0.6 is 0 Å². The van der Waals surface area contributed by atoms with Gasteiger partial charge in [-0.05, 0) is 38.3 Å². The molecule has 2 rings (SSSR count). The monoisotopic (exact) mass is 262 g/mol. The van der Waals surface area contributed by atoms with Gasteiger partial charge in [0.25, 0.3) is 0 Å². The Kier molecular flexibility index (Phi) is 4.97. The fourth-order valence-corrected chi connectivity index (χ4v) is 2.85. The fraction of sp³-hybridized carbons (Fsp3) is 0.625. The van der Waals surface area contributed by atoms with E-state index in [2.05, 4.69) is 36.1 Å². The van der Waals surface area contributed by atoms with E-state index >= 15 is 0 Å². The zero-order valence-electron chi connectivity index (χ0n) is 12.1. The number of likely N-dealkylation sites (tertiary alicyclic amines) is 1. The number of methoxy groups -OCH3 is 1. The maximum absolute atomic E-state index is 6.25. The molecule has 0 amide bonds. The summed E-state index contributed by atoms with van der Waals surface area (Å²) < 4.78 is 5.63. The lowest BCUT2D eigenvalue weighted by molar-refractivity contribution is -0.0510. The molecule has 2 unspecified atom stereocenters. The lowest BCUT2D eigenvalue weighted by Crippen LogP contribution is -2.47. The fourth-order valence-electron chi connectivity index (χ4n) is 2.85. The molecule has 0 bridgehead atoms. The first kappa shape index (κ1) is 14.5. The molecular formula is C16H26N2O. The SMILES string of the molecule is COC1(C)CCCN(CCC(N)c2ccccc2)C1. The second-order valence-corrected chi connectivity index (χ2v) is 5.84. The van der Waals surface area contributed by atoms with Crippen LogP contribution in [0.1, 0.15) is 37.8 Å². The van der Waals surface area contributed by atoms with E-state index < -0.39 is 0 Å². The largest absolute Gasteiger partial charge is 0.377 e. The number of ether oxygens (including phenoxy) is 1. The van der Waals surface area contributed by atoms with Gasteiger partial charge in [0, 0.05) is 26.2 Å². The van der Waals surface area contributed by atoms with Crippen molar-refractivity contribution < 1.29 is 4.74 Å². The molecule has 2 N–H and O–H groups in total. The number of hydrogen-bond donors (Lipinski definition) is 1. The number of nitrogens with zero attached hydrogens (tertiary/aromatic N) is 1. The van der Waals surface area contributed by atoms with Gasteiger partial charge in [-0.2, -0.15) is 0 Å². The molecule has 1 heterocycles. The Labute approximate surface area is 116 Å². The van der Waals surface area contributed by atoms with Gasteiger partial charge in [0.1, 0.15) is 0 Å². The van der Waals surface area contributed by atoms with E-state index in [4.69, 9.17) is 10.5 Å². The van der Waals surface area contributed by atoms with Gasteiger partial charge in [0.15, 0.2) is 0 Å². The van der Waals surface area contributed by atoms with Gasteiger partial charge in [-0.25, -0.2) is 0 Å². The van der Waals surface area contributed by atoms with E-state index in [0.29, 0.717) is 0 Å². The third-order valence-electron chi connectivity index (χ3n) is 4.21. The number of rotatable bonds is 5. The Balaban J connectivity index is 1.82. The van der Waals surface area contributed by atoms with Crippen molar-refractivity contribution in [2.75, 3.05) is 26.7 Å². The van der Waals surface area contributed by atoms with Gasteiger partial charge in [0.2, 0.25) is 0 Å². The van der Waals surface area contributed by atoms with Crippen molar-refractivity contribution in [2.45, 2.75) is 37.8 Å². The zero-order valence-corrected chi connectivity index (χ0v) is 12.1. The molecule has 19 heavy (non-hydrogen) atoms. The molecule has 0 saturated carbocycles. The topological polar surface area (TPSA) is 38.5 Å². The average molecular weight is 262 g/mol. The predicted octanol–water partition coefficient (Wildman–Crippen LogP) is 2.58. The molecular weight excluding hydrogens is 236 g/mol. The number of nitrogens with two attached hydrogens (primary N) is 1. The van der Waals surface area contributed by atoms with E-state index in [-0.39, 0.29) is 11.6 Å². The van der Waals surface area contributed by atoms with Crippen LogP contribution in [0.25, 0.3) is 0 Å². The van der Waals surface area contributed by atoms with E-state index in [1.54, 1.807) is 0 Å². The van der Waals surface area contributed by atoms with Crippen LogP contribution in [0, 0.1) is 0 Å². The van der Waals surface area contributed by atoms with Crippen LogP contribution in [0.15, 0.2) is 30.3 Å². The smallest absolute Gasteiger partial charge is 0.0777 e. The standard InChI is InChI=1S/C16H26N2O/c1-16(19-2)10-6-11-18(13-16)12-9-15(17)14-7-4-3-5-8-14/h3-5,7-8,15H,6,9-13,17H2,1-2H3. The lowest BCUT2D eigenvalue weighted by atomic mass is 9.94. The van der Waals surface area contributed by atoms with Crippen LogP contribution in [0.2, 0.25) is 0 Å². The Hall–Kier alpha value is -0.900. The molecule has 1 fully saturated rings. The van der Waals surface area contributed by atoms with Crippen LogP contribution in [-0.4, -0.2) is 37.2 Å². The summed E-state index contributed by atoms with van der Waals surface area (Å²) in [6, 6.07) is 10.5. The van der Waals surface area contributed by atoms with Crippen molar-refractivity contribution in [1.29, 1.82) is 0 Å². The molecule has 0 aliphatic carbocycles. The summed E-state index contributed by atoms with van der Waals surface area (Å²) >= 11 is 0. The zero-order chi connectivity index (χ0) is 13.7. The van der Waals surface area contributed by atoms with E-state index in [0.717, 1.165) is 25.9 Å². The maximum Gasteiger partial charge on any atom is 0.0777 e. The number of hydrogen-bond acceptors (Lipinski definition) is 3. The van der Waals surface area contributed by atoms with Gasteiger partial charge in [-0.1, -0.05) is 30.3 Å². The Bertz CT molecular complexity index is 382. The average Bonchev–Trinajstić information content (AvgIpc) is 2.46. The third kappa shape index (κ3) is 4.03. The third-order valence-corrected chi connectivity index (χ3v) is 4.21. The van der Waals surface area contributed by atoms with Gasteiger partial charge in [-0.15, -0.1) is 0 Å². The second kappa shape index (κ2) is 6.51. The Morgan fingerprint density at radius 2 is 2.11 bits per heavy atom. The van der Waals surface area contributed by atoms with Crippen LogP contribution in [-0.2, 0) is 4.74 Å². The first-order valence-corrected chi connectivity index (χ1v) is 7.21. The number of piperidine rings is 1. The van der Waals surface area contributed by atoms with Gasteiger partial charge in [0.05, 0.1) is 5.60 Å². The highest BCUT2D eigenvalue weighted by atomic mass is 16.5. The molecule has 106 valence electrons. The summed E-state index contributed by atoms with van der Waals surface area (Å²) in [5, 5.41) is 0. The van der Waals surface area contributed by atoms with Crippen molar-refractivity contribution in [3.63, 3.8) is 0 Å². The van der Waals surface area contributed by atoms with Gasteiger partial charge in [-0.3, -0.25) is 0 Å². The van der Waals surface area contributed by atoms with Crippen LogP contribution < -0.4 is 5.73 Å². The molecule has 1 saturated heterocycles. The minimum absolute atomic E-state index is 0.0229. The molecule has 3 heteroatoms. The first-order valence-electron chi connectivity index (χ1n) is 7.21. The minimum Gasteiger partial charge on any atom is -0.377 e. The van der Waals surface area contributed by atoms with Gasteiger partial charge < -0.3 is 15.4 Å². The van der Waals surface area contributed by atoms with Crippen LogP contribution in [0.4, 0.5) is 0 Å². The van der Waals surface area contributed by atoms with Crippen molar-refractivity contribution in [2.24, 2.45) is 5.73 Å². The second-order valence-electron chi connectivity index (χ2n) is 5.84. The van der Waals surface area contributed by atoms with Crippen molar-refractivity contribution in [1.82, 2.24) is 4.90 Å². The summed E-state index contributed by atoms with van der Waals surface area (Å²) in [6.45, 7) is 5.44. The van der Waals surface area contributed by atoms with Crippen molar-refractivity contribution in [3.05, 3.63) is 35.9 Å². The van der Waals surface area contributed by atoms with E-state index in [1.807, 2.05) is 13.2 Å². The molecule has 0 aromatic heterocycles. The summed E-state index contributed by atoms with van der Waals surface area (Å²) in [5.41, 5.74) is 7.51. The van der Waals surface area contributed by atoms with Gasteiger partial charge >= 0.3 is 0 Å². The lowest BCUT2D eigenvalue weighted by Gasteiger charge is -2.39. The highest BCUT2D eigenvalue weighted by Crippen LogP contribution is 2.24. The van der Waals surface area contributed by atoms with E-state index in [1.165, 1.54) is 18.5 Å². The normalized spacial score (nSPS) is 26.3. The molecule has 2 atom stereocenters. The molecule has 1 aliphatic heterocycles. The molecule has 1 aliphatic rings. The quantitative estimate of drug-likeness (QED) is 0.886. The van der Waals surface area contributed by atoms with Crippen molar-refractivity contribution in [3.8, 4) is 0 Å². The Morgan fingerprint density at radius 3 is 2.79 bits per heavy atom. The first-order chi connectivity index (χ1) is 9.13. The summed E-state index contributed by atoms with van der Waals surface area (Å²) in [5.74, 6) is 0. The van der Waals surface area contributed by atoms with Crippen molar-refractivity contribution >= 4 is 0 Å². The molecule has 0 spiro atoms. The highest BCUT2D eigenvalue weighted by Gasteiger charge is 2.30. The molecule has 1 aromatic rings. The summed E-state index contributed by atoms with van der Waals surface area (Å²) in [6.07, 6.45) is 3.37. The Morgan fingerprint density at radius 1 is 1.37 bits per heavy atom. The highest BCUT2D eigenvalue weighted by molar-refractivity contribution is 5.18.